The van der Waals surface area contributed by atoms with Crippen LogP contribution in [0, 0.1) is 24.0 Å². The van der Waals surface area contributed by atoms with Crippen molar-refractivity contribution in [1.82, 2.24) is 18.6 Å². The van der Waals surface area contributed by atoms with Crippen molar-refractivity contribution in [3.8, 4) is 0 Å². The van der Waals surface area contributed by atoms with Crippen LogP contribution in [0.1, 0.15) is 46.5 Å². The first-order valence-electron chi connectivity index (χ1n) is 20.2. The number of sulfonamides is 2. The van der Waals surface area contributed by atoms with Gasteiger partial charge in [0.2, 0.25) is 20.0 Å². The smallest absolute Gasteiger partial charge is 0.269 e. The Hall–Kier alpha value is -4.14. The first kappa shape index (κ1) is 48.8. The predicted molar refractivity (Wildman–Crippen MR) is 264 cm³/mol. The molecule has 21 heteroatoms. The van der Waals surface area contributed by atoms with Crippen molar-refractivity contribution < 1.29 is 21.8 Å². The molecule has 0 N–H and O–H groups in total. The first-order valence-corrected chi connectivity index (χ1v) is 26.3. The van der Waals surface area contributed by atoms with Gasteiger partial charge < -0.3 is 9.80 Å². The Morgan fingerprint density at radius 3 is 1.62 bits per heavy atom. The number of rotatable bonds is 11. The van der Waals surface area contributed by atoms with E-state index in [2.05, 4.69) is 16.4 Å². The summed E-state index contributed by atoms with van der Waals surface area (Å²) in [7, 11) is -7.44. The van der Waals surface area contributed by atoms with E-state index < -0.39 is 25.0 Å². The van der Waals surface area contributed by atoms with Gasteiger partial charge in [0.1, 0.15) is 9.79 Å². The number of aromatic nitrogens is 2. The fourth-order valence-electron chi connectivity index (χ4n) is 7.19. The summed E-state index contributed by atoms with van der Waals surface area (Å²) < 4.78 is 55.5. The van der Waals surface area contributed by atoms with E-state index in [4.69, 9.17) is 56.4 Å². The van der Waals surface area contributed by atoms with Crippen LogP contribution < -0.4 is 9.80 Å². The van der Waals surface area contributed by atoms with Crippen molar-refractivity contribution in [2.75, 3.05) is 62.2 Å². The fraction of sp³-hybridized carbons (Fsp3) is 0.273. The maximum absolute atomic E-state index is 13.2. The van der Waals surface area contributed by atoms with Crippen LogP contribution in [-0.4, -0.2) is 92.7 Å². The molecule has 2 saturated heterocycles. The summed E-state index contributed by atoms with van der Waals surface area (Å²) >= 11 is 27.6. The average molecular weight is 1040 g/mol. The minimum Gasteiger partial charge on any atom is -0.345 e. The minimum atomic E-state index is -3.74. The predicted octanol–water partition coefficient (Wildman–Crippen LogP) is 10.7. The molecular weight excluding hydrogens is 993 g/mol. The van der Waals surface area contributed by atoms with Crippen LogP contribution in [-0.2, 0) is 20.0 Å². The number of nitro groups is 1. The summed E-state index contributed by atoms with van der Waals surface area (Å²) in [6.07, 6.45) is 0. The number of halogens is 4. The van der Waals surface area contributed by atoms with Crippen molar-refractivity contribution >= 4 is 111 Å². The lowest BCUT2D eigenvalue weighted by Gasteiger charge is -2.34. The van der Waals surface area contributed by atoms with Crippen LogP contribution in [0.15, 0.2) is 106 Å². The Morgan fingerprint density at radius 1 is 0.677 bits per heavy atom. The second-order valence-corrected chi connectivity index (χ2v) is 22.4. The van der Waals surface area contributed by atoms with Crippen LogP contribution in [0.3, 0.4) is 0 Å². The van der Waals surface area contributed by atoms with Gasteiger partial charge >= 0.3 is 0 Å². The highest BCUT2D eigenvalue weighted by Gasteiger charge is 2.33. The number of hydrogen-bond donors (Lipinski definition) is 0. The highest BCUT2D eigenvalue weighted by Crippen LogP contribution is 2.35. The van der Waals surface area contributed by atoms with E-state index in [-0.39, 0.29) is 31.4 Å². The minimum absolute atomic E-state index is 0.0252. The third kappa shape index (κ3) is 10.9. The summed E-state index contributed by atoms with van der Waals surface area (Å²) in [5.74, 6) is -0.0252. The molecule has 0 aliphatic carbocycles. The zero-order valence-electron chi connectivity index (χ0n) is 35.3. The molecule has 0 spiro atoms. The third-order valence-electron chi connectivity index (χ3n) is 11.2. The standard InChI is InChI=1S/C22H22Cl2N4O4S2.C22H21Cl2N3O2S2/c1-14-11-21(19(24)12-18(14)23)34(31,32)27-9-7-26(8-10-27)22-25-20(13-33-22)15(2)16-3-5-17(6-4-16)28(29)30;1-15-12-21(19(24)13-18(15)23)31(28,29)27-10-8-26(9-11-27)22-25-20(14-30-22)16(2)17-6-4-3-5-7-17/h3-6,11-13,15H,7-10H2,1-2H3;3-7,12-14H,2,8-11H2,1H3. The molecule has 342 valence electrons. The van der Waals surface area contributed by atoms with E-state index in [1.54, 1.807) is 37.3 Å². The quantitative estimate of drug-likeness (QED) is 0.0906. The molecule has 2 fully saturated rings. The number of nitrogens with zero attached hydrogens (tertiary/aromatic N) is 7. The van der Waals surface area contributed by atoms with Crippen LogP contribution in [0.4, 0.5) is 16.0 Å². The number of benzene rings is 4. The van der Waals surface area contributed by atoms with Gasteiger partial charge in [-0.05, 0) is 60.4 Å². The van der Waals surface area contributed by atoms with E-state index in [0.717, 1.165) is 38.4 Å². The van der Waals surface area contributed by atoms with Crippen LogP contribution in [0.25, 0.3) is 5.57 Å². The molecule has 2 aliphatic rings. The molecular formula is C44H43Cl4N7O6S4. The number of aryl methyl sites for hydroxylation is 2. The Balaban J connectivity index is 0.000000195. The fourth-order valence-corrected chi connectivity index (χ4v) is 13.5. The molecule has 2 aromatic heterocycles. The first-order chi connectivity index (χ1) is 30.8. The van der Waals surface area contributed by atoms with Gasteiger partial charge in [0, 0.05) is 96.8 Å². The molecule has 4 aromatic carbocycles. The molecule has 0 saturated carbocycles. The van der Waals surface area contributed by atoms with Crippen molar-refractivity contribution in [3.63, 3.8) is 0 Å². The molecule has 1 unspecified atom stereocenters. The zero-order valence-corrected chi connectivity index (χ0v) is 41.6. The lowest BCUT2D eigenvalue weighted by Crippen LogP contribution is -2.48. The van der Waals surface area contributed by atoms with Gasteiger partial charge in [0.05, 0.1) is 26.4 Å². The number of nitro benzene ring substituents is 1. The molecule has 8 rings (SSSR count). The van der Waals surface area contributed by atoms with Gasteiger partial charge in [-0.3, -0.25) is 10.1 Å². The number of anilines is 2. The lowest BCUT2D eigenvalue weighted by atomic mass is 9.98. The Kier molecular flexibility index (Phi) is 15.3. The molecule has 0 radical (unpaired) electrons. The van der Waals surface area contributed by atoms with Crippen LogP contribution in [0.5, 0.6) is 0 Å². The van der Waals surface area contributed by atoms with Crippen molar-refractivity contribution in [1.29, 1.82) is 0 Å². The Morgan fingerprint density at radius 2 is 1.14 bits per heavy atom. The molecule has 13 nitrogen and oxygen atoms in total. The summed E-state index contributed by atoms with van der Waals surface area (Å²) in [6.45, 7) is 13.1. The molecule has 6 aromatic rings. The Labute approximate surface area is 406 Å². The molecule has 65 heavy (non-hydrogen) atoms. The third-order valence-corrected chi connectivity index (χ3v) is 18.5. The molecule has 0 amide bonds. The SMILES string of the molecule is C=C(c1ccccc1)c1csc(N2CCN(S(=O)(=O)c3cc(C)c(Cl)cc3Cl)CC2)n1.Cc1cc(S(=O)(=O)N2CCN(c3nc(C(C)c4ccc([N+](=O)[O-])cc4)cs3)CC2)c(Cl)cc1Cl. The normalized spacial score (nSPS) is 15.6. The van der Waals surface area contributed by atoms with Crippen LogP contribution in [0.2, 0.25) is 20.1 Å². The average Bonchev–Trinajstić information content (AvgIpc) is 4.01. The second kappa shape index (κ2) is 20.4. The van der Waals surface area contributed by atoms with Gasteiger partial charge in [0.25, 0.3) is 5.69 Å². The maximum Gasteiger partial charge on any atom is 0.269 e. The van der Waals surface area contributed by atoms with Gasteiger partial charge in [-0.15, -0.1) is 22.7 Å². The monoisotopic (exact) mass is 1030 g/mol. The molecule has 0 bridgehead atoms. The zero-order chi connectivity index (χ0) is 46.8. The van der Waals surface area contributed by atoms with E-state index in [1.165, 1.54) is 56.3 Å². The summed E-state index contributed by atoms with van der Waals surface area (Å²) in [6, 6.07) is 22.4. The number of piperazine rings is 2. The van der Waals surface area contributed by atoms with E-state index in [9.17, 15) is 26.9 Å². The highest BCUT2D eigenvalue weighted by molar-refractivity contribution is 7.89. The summed E-state index contributed by atoms with van der Waals surface area (Å²) in [4.78, 5) is 24.3. The van der Waals surface area contributed by atoms with E-state index >= 15 is 0 Å². The summed E-state index contributed by atoms with van der Waals surface area (Å²) in [5.41, 5.74) is 5.93. The number of thiazole rings is 2. The van der Waals surface area contributed by atoms with Crippen molar-refractivity contribution in [2.24, 2.45) is 0 Å². The van der Waals surface area contributed by atoms with Gasteiger partial charge in [-0.1, -0.05) is 102 Å². The van der Waals surface area contributed by atoms with Gasteiger partial charge in [0.15, 0.2) is 10.3 Å². The largest absolute Gasteiger partial charge is 0.345 e. The van der Waals surface area contributed by atoms with Crippen LogP contribution >= 0.6 is 69.1 Å². The topological polar surface area (TPSA) is 150 Å². The molecule has 2 aliphatic heterocycles. The van der Waals surface area contributed by atoms with Crippen molar-refractivity contribution in [2.45, 2.75) is 36.5 Å². The van der Waals surface area contributed by atoms with Gasteiger partial charge in [-0.2, -0.15) is 8.61 Å². The highest BCUT2D eigenvalue weighted by atomic mass is 35.5. The summed E-state index contributed by atoms with van der Waals surface area (Å²) in [5, 5.41) is 17.7. The second-order valence-electron chi connectivity index (χ2n) is 15.3. The van der Waals surface area contributed by atoms with E-state index in [0.29, 0.717) is 73.5 Å². The number of hydrogen-bond acceptors (Lipinski definition) is 12. The van der Waals surface area contributed by atoms with Crippen molar-refractivity contribution in [3.05, 3.63) is 160 Å². The van der Waals surface area contributed by atoms with E-state index in [1.807, 2.05) is 48.0 Å². The van der Waals surface area contributed by atoms with Gasteiger partial charge in [-0.25, -0.2) is 26.8 Å². The molecule has 4 heterocycles. The lowest BCUT2D eigenvalue weighted by molar-refractivity contribution is -0.384. The molecule has 1 atom stereocenters. The maximum atomic E-state index is 13.2. The Bertz CT molecular complexity index is 2940. The number of non-ortho nitro benzene ring substituents is 1.